The Morgan fingerprint density at radius 1 is 1.33 bits per heavy atom. The summed E-state index contributed by atoms with van der Waals surface area (Å²) in [5, 5.41) is 0.891. The van der Waals surface area contributed by atoms with Crippen LogP contribution < -0.4 is 5.73 Å². The fourth-order valence-corrected chi connectivity index (χ4v) is 1.57. The van der Waals surface area contributed by atoms with Gasteiger partial charge in [0.05, 0.1) is 17.6 Å². The van der Waals surface area contributed by atoms with E-state index in [1.807, 2.05) is 24.3 Å². The predicted octanol–water partition coefficient (Wildman–Crippen LogP) is 0.966. The number of aryl methyl sites for hydroxylation is 1. The molecule has 4 nitrogen and oxygen atoms in total. The third-order valence-corrected chi connectivity index (χ3v) is 2.14. The van der Waals surface area contributed by atoms with Crippen LogP contribution in [-0.2, 0) is 11.2 Å². The summed E-state index contributed by atoms with van der Waals surface area (Å²) in [6.45, 7) is 1.80. The van der Waals surface area contributed by atoms with Gasteiger partial charge in [-0.05, 0) is 13.0 Å². The van der Waals surface area contributed by atoms with E-state index in [1.54, 1.807) is 6.92 Å². The predicted molar refractivity (Wildman–Crippen MR) is 57.2 cm³/mol. The van der Waals surface area contributed by atoms with Crippen molar-refractivity contribution in [1.29, 1.82) is 0 Å². The number of fused-ring (bicyclic) bond motifs is 1. The number of amides is 1. The molecule has 1 aromatic heterocycles. The average Bonchev–Trinajstić information content (AvgIpc) is 2.16. The van der Waals surface area contributed by atoms with Crippen molar-refractivity contribution in [2.45, 2.75) is 13.3 Å². The molecule has 0 bridgehead atoms. The van der Waals surface area contributed by atoms with E-state index >= 15 is 0 Å². The lowest BCUT2D eigenvalue weighted by Crippen LogP contribution is -2.15. The molecular formula is C11H11N3O. The van der Waals surface area contributed by atoms with Crippen molar-refractivity contribution in [2.24, 2.45) is 5.73 Å². The maximum absolute atomic E-state index is 10.9. The van der Waals surface area contributed by atoms with Crippen molar-refractivity contribution in [3.63, 3.8) is 0 Å². The molecule has 0 fully saturated rings. The molecule has 1 heterocycles. The summed E-state index contributed by atoms with van der Waals surface area (Å²) in [7, 11) is 0. The van der Waals surface area contributed by atoms with Crippen molar-refractivity contribution >= 4 is 16.8 Å². The molecule has 0 aliphatic carbocycles. The maximum Gasteiger partial charge on any atom is 0.223 e. The Balaban J connectivity index is 2.65. The molecular weight excluding hydrogens is 190 g/mol. The minimum absolute atomic E-state index is 0.157. The molecule has 2 rings (SSSR count). The third kappa shape index (κ3) is 1.93. The lowest BCUT2D eigenvalue weighted by Gasteiger charge is -2.04. The molecule has 1 aromatic carbocycles. The summed E-state index contributed by atoms with van der Waals surface area (Å²) in [6.07, 6.45) is 0.157. The number of rotatable bonds is 2. The number of carbonyl (C=O) groups is 1. The highest BCUT2D eigenvalue weighted by Crippen LogP contribution is 2.15. The molecule has 0 aliphatic heterocycles. The van der Waals surface area contributed by atoms with E-state index in [0.717, 1.165) is 10.9 Å². The van der Waals surface area contributed by atoms with Crippen molar-refractivity contribution in [2.75, 3.05) is 0 Å². The van der Waals surface area contributed by atoms with Crippen LogP contribution in [-0.4, -0.2) is 15.9 Å². The first-order chi connectivity index (χ1) is 7.16. The van der Waals surface area contributed by atoms with E-state index < -0.39 is 0 Å². The van der Waals surface area contributed by atoms with E-state index in [1.165, 1.54) is 0 Å². The van der Waals surface area contributed by atoms with Crippen LogP contribution in [0.4, 0.5) is 0 Å². The number of hydrogen-bond acceptors (Lipinski definition) is 3. The Bertz CT molecular complexity index is 522. The zero-order valence-electron chi connectivity index (χ0n) is 8.40. The largest absolute Gasteiger partial charge is 0.369 e. The van der Waals surface area contributed by atoms with Crippen LogP contribution in [0.2, 0.25) is 0 Å². The first-order valence-electron chi connectivity index (χ1n) is 4.67. The second-order valence-corrected chi connectivity index (χ2v) is 3.38. The number of nitrogens with two attached hydrogens (primary N) is 1. The minimum Gasteiger partial charge on any atom is -0.369 e. The Morgan fingerprint density at radius 2 is 2.07 bits per heavy atom. The van der Waals surface area contributed by atoms with Gasteiger partial charge in [0.15, 0.2) is 0 Å². The van der Waals surface area contributed by atoms with Crippen molar-refractivity contribution in [1.82, 2.24) is 9.97 Å². The fourth-order valence-electron chi connectivity index (χ4n) is 1.57. The second-order valence-electron chi connectivity index (χ2n) is 3.38. The first kappa shape index (κ1) is 9.58. The summed E-state index contributed by atoms with van der Waals surface area (Å²) in [5.74, 6) is 0.281. The summed E-state index contributed by atoms with van der Waals surface area (Å²) in [6, 6.07) is 7.59. The Labute approximate surface area is 87.1 Å². The Morgan fingerprint density at radius 3 is 2.80 bits per heavy atom. The zero-order chi connectivity index (χ0) is 10.8. The molecule has 0 saturated carbocycles. The summed E-state index contributed by atoms with van der Waals surface area (Å²) in [4.78, 5) is 19.4. The normalized spacial score (nSPS) is 10.5. The van der Waals surface area contributed by atoms with Gasteiger partial charge in [-0.15, -0.1) is 0 Å². The van der Waals surface area contributed by atoms with Crippen LogP contribution in [0, 0.1) is 6.92 Å². The van der Waals surface area contributed by atoms with Crippen LogP contribution in [0.3, 0.4) is 0 Å². The fraction of sp³-hybridized carbons (Fsp3) is 0.182. The van der Waals surface area contributed by atoms with Crippen LogP contribution in [0.1, 0.15) is 11.5 Å². The lowest BCUT2D eigenvalue weighted by molar-refractivity contribution is -0.117. The van der Waals surface area contributed by atoms with Crippen molar-refractivity contribution < 1.29 is 4.79 Å². The lowest BCUT2D eigenvalue weighted by atomic mass is 10.1. The standard InChI is InChI=1S/C11H11N3O/c1-7-13-9-5-3-2-4-8(9)10(14-7)6-11(12)15/h2-5H,6H2,1H3,(H2,12,15). The quantitative estimate of drug-likeness (QED) is 0.787. The van der Waals surface area contributed by atoms with Gasteiger partial charge in [-0.2, -0.15) is 0 Å². The van der Waals surface area contributed by atoms with Gasteiger partial charge in [-0.25, -0.2) is 9.97 Å². The van der Waals surface area contributed by atoms with Gasteiger partial charge < -0.3 is 5.73 Å². The van der Waals surface area contributed by atoms with Crippen molar-refractivity contribution in [3.8, 4) is 0 Å². The van der Waals surface area contributed by atoms with E-state index in [9.17, 15) is 4.79 Å². The minimum atomic E-state index is -0.377. The molecule has 0 saturated heterocycles. The third-order valence-electron chi connectivity index (χ3n) is 2.14. The number of hydrogen-bond donors (Lipinski definition) is 1. The van der Waals surface area contributed by atoms with E-state index in [4.69, 9.17) is 5.73 Å². The molecule has 76 valence electrons. The van der Waals surface area contributed by atoms with Gasteiger partial charge in [0.2, 0.25) is 5.91 Å². The van der Waals surface area contributed by atoms with E-state index in [2.05, 4.69) is 9.97 Å². The number of aromatic nitrogens is 2. The highest BCUT2D eigenvalue weighted by Gasteiger charge is 2.07. The van der Waals surface area contributed by atoms with Crippen LogP contribution in [0.15, 0.2) is 24.3 Å². The number of carbonyl (C=O) groups excluding carboxylic acids is 1. The summed E-state index contributed by atoms with van der Waals surface area (Å²) < 4.78 is 0. The number of para-hydroxylation sites is 1. The number of nitrogens with zero attached hydrogens (tertiary/aromatic N) is 2. The van der Waals surface area contributed by atoms with Crippen LogP contribution in [0.5, 0.6) is 0 Å². The van der Waals surface area contributed by atoms with Gasteiger partial charge >= 0.3 is 0 Å². The molecule has 0 radical (unpaired) electrons. The van der Waals surface area contributed by atoms with Gasteiger partial charge in [0, 0.05) is 5.39 Å². The maximum atomic E-state index is 10.9. The smallest absolute Gasteiger partial charge is 0.223 e. The highest BCUT2D eigenvalue weighted by atomic mass is 16.1. The Kier molecular flexibility index (Phi) is 2.33. The summed E-state index contributed by atoms with van der Waals surface area (Å²) in [5.41, 5.74) is 6.71. The van der Waals surface area contributed by atoms with Gasteiger partial charge in [-0.1, -0.05) is 18.2 Å². The Hall–Kier alpha value is -1.97. The van der Waals surface area contributed by atoms with Crippen molar-refractivity contribution in [3.05, 3.63) is 35.8 Å². The van der Waals surface area contributed by atoms with Gasteiger partial charge in [-0.3, -0.25) is 4.79 Å². The monoisotopic (exact) mass is 201 g/mol. The molecule has 2 aromatic rings. The molecule has 1 amide bonds. The number of primary amides is 1. The highest BCUT2D eigenvalue weighted by molar-refractivity contribution is 5.86. The van der Waals surface area contributed by atoms with Crippen LogP contribution in [0.25, 0.3) is 10.9 Å². The average molecular weight is 201 g/mol. The molecule has 4 heteroatoms. The zero-order valence-corrected chi connectivity index (χ0v) is 8.40. The van der Waals surface area contributed by atoms with Crippen LogP contribution >= 0.6 is 0 Å². The molecule has 2 N–H and O–H groups in total. The second kappa shape index (κ2) is 3.65. The number of benzene rings is 1. The van der Waals surface area contributed by atoms with E-state index in [0.29, 0.717) is 11.5 Å². The molecule has 0 spiro atoms. The van der Waals surface area contributed by atoms with E-state index in [-0.39, 0.29) is 12.3 Å². The first-order valence-corrected chi connectivity index (χ1v) is 4.67. The topological polar surface area (TPSA) is 68.9 Å². The molecule has 0 aliphatic rings. The van der Waals surface area contributed by atoms with Gasteiger partial charge in [0.1, 0.15) is 5.82 Å². The SMILES string of the molecule is Cc1nc(CC(N)=O)c2ccccc2n1. The molecule has 15 heavy (non-hydrogen) atoms. The molecule has 0 unspecified atom stereocenters. The molecule has 0 atom stereocenters. The summed E-state index contributed by atoms with van der Waals surface area (Å²) >= 11 is 0. The van der Waals surface area contributed by atoms with Gasteiger partial charge in [0.25, 0.3) is 0 Å².